The summed E-state index contributed by atoms with van der Waals surface area (Å²) in [6, 6.07) is 11.4. The van der Waals surface area contributed by atoms with Gasteiger partial charge in [0, 0.05) is 10.9 Å². The number of aromatic amines is 1. The van der Waals surface area contributed by atoms with Crippen LogP contribution in [0.4, 0.5) is 5.69 Å². The number of rotatable bonds is 6. The molecule has 4 aromatic rings. The second kappa shape index (κ2) is 8.00. The van der Waals surface area contributed by atoms with E-state index in [0.717, 1.165) is 38.3 Å². The summed E-state index contributed by atoms with van der Waals surface area (Å²) in [6.45, 7) is 1.96. The molecule has 0 aliphatic rings. The van der Waals surface area contributed by atoms with Gasteiger partial charge in [0.15, 0.2) is 0 Å². The highest BCUT2D eigenvalue weighted by molar-refractivity contribution is 8.00. The molecule has 0 saturated carbocycles. The Balaban J connectivity index is 1.55. The van der Waals surface area contributed by atoms with Crippen molar-refractivity contribution in [2.24, 2.45) is 0 Å². The van der Waals surface area contributed by atoms with Crippen LogP contribution in [-0.2, 0) is 4.79 Å². The maximum atomic E-state index is 12.5. The summed E-state index contributed by atoms with van der Waals surface area (Å²) >= 11 is 1.35. The molecule has 2 N–H and O–H groups in total. The number of H-pyrrole nitrogens is 1. The Bertz CT molecular complexity index is 1210. The zero-order valence-corrected chi connectivity index (χ0v) is 17.1. The highest BCUT2D eigenvalue weighted by Crippen LogP contribution is 2.32. The van der Waals surface area contributed by atoms with E-state index in [1.54, 1.807) is 14.2 Å². The highest BCUT2D eigenvalue weighted by Gasteiger charge is 2.14. The van der Waals surface area contributed by atoms with Gasteiger partial charge >= 0.3 is 0 Å². The standard InChI is InChI=1S/C21H20N4O3S/c1-12-4-7-17(28-3)16(8-12)24-18(26)10-29-21-20-19(22-11-23-21)14-9-13(27-2)5-6-15(14)25-20/h4-9,11,25H,10H2,1-3H3,(H,24,26). The van der Waals surface area contributed by atoms with Gasteiger partial charge in [-0.1, -0.05) is 17.8 Å². The topological polar surface area (TPSA) is 89.1 Å². The first kappa shape index (κ1) is 19.1. The van der Waals surface area contributed by atoms with Crippen LogP contribution < -0.4 is 14.8 Å². The maximum absolute atomic E-state index is 12.5. The molecule has 0 unspecified atom stereocenters. The minimum absolute atomic E-state index is 0.136. The van der Waals surface area contributed by atoms with Gasteiger partial charge in [-0.2, -0.15) is 0 Å². The molecule has 2 aromatic carbocycles. The quantitative estimate of drug-likeness (QED) is 0.368. The molecule has 7 nitrogen and oxygen atoms in total. The zero-order valence-electron chi connectivity index (χ0n) is 16.3. The molecule has 2 aromatic heterocycles. The zero-order chi connectivity index (χ0) is 20.4. The number of amides is 1. The van der Waals surface area contributed by atoms with Gasteiger partial charge in [0.1, 0.15) is 28.4 Å². The summed E-state index contributed by atoms with van der Waals surface area (Å²) in [7, 11) is 3.21. The summed E-state index contributed by atoms with van der Waals surface area (Å²) in [5.74, 6) is 1.46. The predicted octanol–water partition coefficient (Wildman–Crippen LogP) is 4.17. The fraction of sp³-hybridized carbons (Fsp3) is 0.190. The van der Waals surface area contributed by atoms with Crippen LogP contribution in [0.1, 0.15) is 5.56 Å². The monoisotopic (exact) mass is 408 g/mol. The van der Waals surface area contributed by atoms with Crippen molar-refractivity contribution >= 4 is 45.3 Å². The Kier molecular flexibility index (Phi) is 5.26. The molecule has 148 valence electrons. The molecular weight excluding hydrogens is 388 g/mol. The molecule has 0 atom stereocenters. The van der Waals surface area contributed by atoms with E-state index in [0.29, 0.717) is 11.4 Å². The molecule has 4 rings (SSSR count). The number of hydrogen-bond acceptors (Lipinski definition) is 6. The second-order valence-corrected chi connectivity index (χ2v) is 7.44. The smallest absolute Gasteiger partial charge is 0.234 e. The third-order valence-electron chi connectivity index (χ3n) is 4.52. The number of aryl methyl sites for hydroxylation is 1. The third kappa shape index (κ3) is 3.84. The van der Waals surface area contributed by atoms with Crippen LogP contribution in [0.2, 0.25) is 0 Å². The summed E-state index contributed by atoms with van der Waals surface area (Å²) < 4.78 is 10.6. The predicted molar refractivity (Wildman–Crippen MR) is 115 cm³/mol. The Labute approximate surface area is 171 Å². The van der Waals surface area contributed by atoms with Gasteiger partial charge in [-0.05, 0) is 42.8 Å². The van der Waals surface area contributed by atoms with Gasteiger partial charge in [0.2, 0.25) is 5.91 Å². The number of hydrogen-bond donors (Lipinski definition) is 2. The van der Waals surface area contributed by atoms with E-state index >= 15 is 0 Å². The van der Waals surface area contributed by atoms with Crippen LogP contribution in [0.5, 0.6) is 11.5 Å². The number of nitrogens with one attached hydrogen (secondary N) is 2. The molecular formula is C21H20N4O3S. The average Bonchev–Trinajstić information content (AvgIpc) is 3.11. The lowest BCUT2D eigenvalue weighted by Gasteiger charge is -2.11. The molecule has 0 bridgehead atoms. The van der Waals surface area contributed by atoms with Crippen LogP contribution in [0.3, 0.4) is 0 Å². The lowest BCUT2D eigenvalue weighted by molar-refractivity contribution is -0.113. The number of thioether (sulfide) groups is 1. The van der Waals surface area contributed by atoms with Crippen LogP contribution in [-0.4, -0.2) is 40.8 Å². The van der Waals surface area contributed by atoms with Crippen molar-refractivity contribution in [2.45, 2.75) is 11.9 Å². The molecule has 0 fully saturated rings. The van der Waals surface area contributed by atoms with Crippen LogP contribution in [0, 0.1) is 6.92 Å². The van der Waals surface area contributed by atoms with Gasteiger partial charge < -0.3 is 19.8 Å². The van der Waals surface area contributed by atoms with Gasteiger partial charge in [-0.15, -0.1) is 0 Å². The normalized spacial score (nSPS) is 11.0. The van der Waals surface area contributed by atoms with Gasteiger partial charge in [-0.3, -0.25) is 4.79 Å². The maximum Gasteiger partial charge on any atom is 0.234 e. The lowest BCUT2D eigenvalue weighted by atomic mass is 10.2. The van der Waals surface area contributed by atoms with E-state index in [9.17, 15) is 4.79 Å². The van der Waals surface area contributed by atoms with E-state index in [1.807, 2.05) is 43.3 Å². The molecule has 0 radical (unpaired) electrons. The number of nitrogens with zero attached hydrogens (tertiary/aromatic N) is 2. The molecule has 0 aliphatic heterocycles. The Morgan fingerprint density at radius 1 is 1.14 bits per heavy atom. The molecule has 2 heterocycles. The fourth-order valence-electron chi connectivity index (χ4n) is 3.13. The van der Waals surface area contributed by atoms with Crippen molar-refractivity contribution in [3.63, 3.8) is 0 Å². The van der Waals surface area contributed by atoms with Crippen molar-refractivity contribution in [1.82, 2.24) is 15.0 Å². The third-order valence-corrected chi connectivity index (χ3v) is 5.51. The number of aromatic nitrogens is 3. The number of benzene rings is 2. The van der Waals surface area contributed by atoms with E-state index in [4.69, 9.17) is 9.47 Å². The van der Waals surface area contributed by atoms with Crippen LogP contribution in [0.25, 0.3) is 21.9 Å². The van der Waals surface area contributed by atoms with E-state index in [1.165, 1.54) is 18.1 Å². The highest BCUT2D eigenvalue weighted by atomic mass is 32.2. The minimum Gasteiger partial charge on any atom is -0.497 e. The molecule has 29 heavy (non-hydrogen) atoms. The van der Waals surface area contributed by atoms with Gasteiger partial charge in [0.25, 0.3) is 0 Å². The Morgan fingerprint density at radius 2 is 2.00 bits per heavy atom. The molecule has 0 spiro atoms. The first-order valence-electron chi connectivity index (χ1n) is 8.96. The number of carbonyl (C=O) groups is 1. The summed E-state index contributed by atoms with van der Waals surface area (Å²) in [4.78, 5) is 24.6. The largest absolute Gasteiger partial charge is 0.497 e. The van der Waals surface area contributed by atoms with Crippen molar-refractivity contribution in [2.75, 3.05) is 25.3 Å². The van der Waals surface area contributed by atoms with Crippen LogP contribution >= 0.6 is 11.8 Å². The average molecular weight is 408 g/mol. The van der Waals surface area contributed by atoms with Gasteiger partial charge in [0.05, 0.1) is 31.2 Å². The second-order valence-electron chi connectivity index (χ2n) is 6.48. The number of methoxy groups -OCH3 is 2. The lowest BCUT2D eigenvalue weighted by Crippen LogP contribution is -2.15. The van der Waals surface area contributed by atoms with E-state index in [-0.39, 0.29) is 11.7 Å². The number of carbonyl (C=O) groups excluding carboxylic acids is 1. The van der Waals surface area contributed by atoms with Crippen LogP contribution in [0.15, 0.2) is 47.8 Å². The molecule has 8 heteroatoms. The van der Waals surface area contributed by atoms with Crippen molar-refractivity contribution < 1.29 is 14.3 Å². The van der Waals surface area contributed by atoms with Crippen molar-refractivity contribution in [3.05, 3.63) is 48.3 Å². The molecule has 0 saturated heterocycles. The van der Waals surface area contributed by atoms with Crippen molar-refractivity contribution in [1.29, 1.82) is 0 Å². The number of ether oxygens (including phenoxy) is 2. The Morgan fingerprint density at radius 3 is 2.79 bits per heavy atom. The first-order chi connectivity index (χ1) is 14.1. The fourth-order valence-corrected chi connectivity index (χ4v) is 3.88. The van der Waals surface area contributed by atoms with E-state index < -0.39 is 0 Å². The SMILES string of the molecule is COc1ccc2[nH]c3c(SCC(=O)Nc4cc(C)ccc4OC)ncnc3c2c1. The minimum atomic E-state index is -0.136. The first-order valence-corrected chi connectivity index (χ1v) is 9.95. The number of anilines is 1. The summed E-state index contributed by atoms with van der Waals surface area (Å²) in [5, 5.41) is 4.58. The van der Waals surface area contributed by atoms with E-state index in [2.05, 4.69) is 20.3 Å². The number of fused-ring (bicyclic) bond motifs is 3. The molecule has 1 amide bonds. The Hall–Kier alpha value is -3.26. The summed E-state index contributed by atoms with van der Waals surface area (Å²) in [6.07, 6.45) is 1.51. The van der Waals surface area contributed by atoms with Crippen molar-refractivity contribution in [3.8, 4) is 11.5 Å². The van der Waals surface area contributed by atoms with Gasteiger partial charge in [-0.25, -0.2) is 9.97 Å². The summed E-state index contributed by atoms with van der Waals surface area (Å²) in [5.41, 5.74) is 4.25. The molecule has 0 aliphatic carbocycles.